The Morgan fingerprint density at radius 1 is 1.23 bits per heavy atom. The summed E-state index contributed by atoms with van der Waals surface area (Å²) in [5.74, 6) is 0.0928. The van der Waals surface area contributed by atoms with Crippen LogP contribution in [0.3, 0.4) is 0 Å². The van der Waals surface area contributed by atoms with Crippen LogP contribution < -0.4 is 10.3 Å². The van der Waals surface area contributed by atoms with E-state index < -0.39 is 6.61 Å². The van der Waals surface area contributed by atoms with Gasteiger partial charge in [-0.05, 0) is 24.3 Å². The molecule has 0 aliphatic heterocycles. The maximum absolute atomic E-state index is 12.5. The number of aromatic nitrogens is 2. The van der Waals surface area contributed by atoms with Crippen LogP contribution in [0.5, 0.6) is 5.75 Å². The van der Waals surface area contributed by atoms with Gasteiger partial charge in [-0.15, -0.1) is 0 Å². The van der Waals surface area contributed by atoms with Crippen LogP contribution in [0.1, 0.15) is 5.56 Å². The summed E-state index contributed by atoms with van der Waals surface area (Å²) in [4.78, 5) is 11.9. The molecule has 4 nitrogen and oxygen atoms in total. The third-order valence-corrected chi connectivity index (χ3v) is 3.74. The van der Waals surface area contributed by atoms with Gasteiger partial charge in [0.1, 0.15) is 5.75 Å². The minimum absolute atomic E-state index is 0.0928. The maximum Gasteiger partial charge on any atom is 0.387 e. The van der Waals surface area contributed by atoms with E-state index in [9.17, 15) is 13.6 Å². The van der Waals surface area contributed by atoms with Crippen LogP contribution >= 0.6 is 15.9 Å². The summed E-state index contributed by atoms with van der Waals surface area (Å²) in [7, 11) is 0. The van der Waals surface area contributed by atoms with Crippen molar-refractivity contribution in [3.05, 3.63) is 62.9 Å². The number of para-hydroxylation sites is 1. The second-order valence-corrected chi connectivity index (χ2v) is 5.59. The number of nitrogens with zero attached hydrogens (tertiary/aromatic N) is 1. The summed E-state index contributed by atoms with van der Waals surface area (Å²) in [6.45, 7) is -2.67. The van der Waals surface area contributed by atoms with Crippen LogP contribution in [0.25, 0.3) is 10.9 Å². The van der Waals surface area contributed by atoms with Crippen molar-refractivity contribution in [2.45, 2.75) is 13.2 Å². The van der Waals surface area contributed by atoms with Gasteiger partial charge >= 0.3 is 6.61 Å². The van der Waals surface area contributed by atoms with Crippen molar-refractivity contribution >= 4 is 26.8 Å². The number of alkyl halides is 2. The summed E-state index contributed by atoms with van der Waals surface area (Å²) in [5, 5.41) is 3.24. The molecule has 0 aliphatic carbocycles. The Kier molecular flexibility index (Phi) is 3.98. The number of halogens is 3. The lowest BCUT2D eigenvalue weighted by atomic mass is 10.2. The lowest BCUT2D eigenvalue weighted by Gasteiger charge is -2.11. The number of hydrogen-bond donors (Lipinski definition) is 1. The minimum Gasteiger partial charge on any atom is -0.434 e. The predicted molar refractivity (Wildman–Crippen MR) is 82.4 cm³/mol. The summed E-state index contributed by atoms with van der Waals surface area (Å²) in [6.07, 6.45) is 0. The number of rotatable bonds is 4. The molecule has 1 aromatic heterocycles. The van der Waals surface area contributed by atoms with Crippen molar-refractivity contribution in [1.29, 1.82) is 0 Å². The third kappa shape index (κ3) is 2.89. The highest BCUT2D eigenvalue weighted by atomic mass is 79.9. The van der Waals surface area contributed by atoms with Gasteiger partial charge in [0.2, 0.25) is 0 Å². The third-order valence-electron chi connectivity index (χ3n) is 3.25. The van der Waals surface area contributed by atoms with Gasteiger partial charge in [-0.25, -0.2) is 0 Å². The van der Waals surface area contributed by atoms with Gasteiger partial charge in [-0.2, -0.15) is 8.78 Å². The molecule has 1 heterocycles. The van der Waals surface area contributed by atoms with E-state index in [1.54, 1.807) is 41.1 Å². The average Bonchev–Trinajstić information content (AvgIpc) is 2.76. The van der Waals surface area contributed by atoms with Crippen molar-refractivity contribution in [3.63, 3.8) is 0 Å². The molecule has 0 atom stereocenters. The smallest absolute Gasteiger partial charge is 0.387 e. The van der Waals surface area contributed by atoms with Crippen LogP contribution in [0.15, 0.2) is 51.7 Å². The molecule has 1 N–H and O–H groups in total. The zero-order chi connectivity index (χ0) is 15.7. The molecular formula is C15H11BrF2N2O2. The maximum atomic E-state index is 12.5. The molecule has 0 spiro atoms. The zero-order valence-corrected chi connectivity index (χ0v) is 12.8. The Balaban J connectivity index is 2.04. The van der Waals surface area contributed by atoms with Crippen LogP contribution in [-0.4, -0.2) is 16.4 Å². The molecule has 3 aromatic rings. The Morgan fingerprint density at radius 3 is 2.77 bits per heavy atom. The fourth-order valence-electron chi connectivity index (χ4n) is 2.30. The molecule has 0 radical (unpaired) electrons. The molecular weight excluding hydrogens is 358 g/mol. The van der Waals surface area contributed by atoms with Gasteiger partial charge in [0, 0.05) is 10.0 Å². The fraction of sp³-hybridized carbons (Fsp3) is 0.133. The first-order valence-electron chi connectivity index (χ1n) is 6.45. The van der Waals surface area contributed by atoms with Crippen molar-refractivity contribution in [2.24, 2.45) is 0 Å². The molecule has 0 amide bonds. The van der Waals surface area contributed by atoms with Crippen molar-refractivity contribution < 1.29 is 13.5 Å². The van der Waals surface area contributed by atoms with Gasteiger partial charge in [0.05, 0.1) is 17.4 Å². The Hall–Kier alpha value is -2.15. The van der Waals surface area contributed by atoms with Crippen LogP contribution in [-0.2, 0) is 6.54 Å². The van der Waals surface area contributed by atoms with E-state index in [-0.39, 0.29) is 17.9 Å². The van der Waals surface area contributed by atoms with Crippen LogP contribution in [0.2, 0.25) is 0 Å². The first-order chi connectivity index (χ1) is 10.5. The lowest BCUT2D eigenvalue weighted by Crippen LogP contribution is -2.10. The van der Waals surface area contributed by atoms with Gasteiger partial charge < -0.3 is 4.74 Å². The Labute approximate surface area is 132 Å². The van der Waals surface area contributed by atoms with Gasteiger partial charge in [-0.3, -0.25) is 14.6 Å². The number of aromatic amines is 1. The summed E-state index contributed by atoms with van der Waals surface area (Å²) >= 11 is 3.36. The van der Waals surface area contributed by atoms with Crippen LogP contribution in [0, 0.1) is 0 Å². The highest BCUT2D eigenvalue weighted by Gasteiger charge is 2.12. The summed E-state index contributed by atoms with van der Waals surface area (Å²) in [5.41, 5.74) is 1.01. The largest absolute Gasteiger partial charge is 0.434 e. The molecule has 22 heavy (non-hydrogen) atoms. The van der Waals surface area contributed by atoms with Crippen molar-refractivity contribution in [2.75, 3.05) is 0 Å². The molecule has 2 aromatic carbocycles. The SMILES string of the molecule is O=c1[nH]n(Cc2ccccc2OC(F)F)c2cc(Br)ccc12. The second kappa shape index (κ2) is 5.92. The molecule has 7 heteroatoms. The van der Waals surface area contributed by atoms with Gasteiger partial charge in [-0.1, -0.05) is 34.1 Å². The summed E-state index contributed by atoms with van der Waals surface area (Å²) < 4.78 is 31.9. The topological polar surface area (TPSA) is 47.0 Å². The number of hydrogen-bond acceptors (Lipinski definition) is 2. The molecule has 0 unspecified atom stereocenters. The summed E-state index contributed by atoms with van der Waals surface area (Å²) in [6, 6.07) is 11.8. The van der Waals surface area contributed by atoms with E-state index in [0.29, 0.717) is 16.5 Å². The first kappa shape index (κ1) is 14.8. The molecule has 0 aliphatic rings. The second-order valence-electron chi connectivity index (χ2n) is 4.67. The lowest BCUT2D eigenvalue weighted by molar-refractivity contribution is -0.0505. The molecule has 0 fully saturated rings. The van der Waals surface area contributed by atoms with Gasteiger partial charge in [0.15, 0.2) is 0 Å². The van der Waals surface area contributed by atoms with E-state index >= 15 is 0 Å². The van der Waals surface area contributed by atoms with Crippen molar-refractivity contribution in [3.8, 4) is 5.75 Å². The van der Waals surface area contributed by atoms with E-state index in [1.807, 2.05) is 0 Å². The normalized spacial score (nSPS) is 11.3. The number of benzene rings is 2. The highest BCUT2D eigenvalue weighted by molar-refractivity contribution is 9.10. The van der Waals surface area contributed by atoms with E-state index in [2.05, 4.69) is 25.8 Å². The Morgan fingerprint density at radius 2 is 2.00 bits per heavy atom. The number of fused-ring (bicyclic) bond motifs is 1. The van der Waals surface area contributed by atoms with Gasteiger partial charge in [0.25, 0.3) is 5.56 Å². The Bertz CT molecular complexity index is 873. The fourth-order valence-corrected chi connectivity index (χ4v) is 2.65. The molecule has 0 saturated heterocycles. The highest BCUT2D eigenvalue weighted by Crippen LogP contribution is 2.23. The molecule has 3 rings (SSSR count). The molecule has 114 valence electrons. The zero-order valence-electron chi connectivity index (χ0n) is 11.2. The molecule has 0 bridgehead atoms. The van der Waals surface area contributed by atoms with E-state index in [0.717, 1.165) is 4.47 Å². The predicted octanol–water partition coefficient (Wildman–Crippen LogP) is 3.74. The van der Waals surface area contributed by atoms with E-state index in [1.165, 1.54) is 6.07 Å². The number of nitrogens with one attached hydrogen (secondary N) is 1. The first-order valence-corrected chi connectivity index (χ1v) is 7.24. The minimum atomic E-state index is -2.89. The van der Waals surface area contributed by atoms with Crippen LogP contribution in [0.4, 0.5) is 8.78 Å². The molecule has 0 saturated carbocycles. The van der Waals surface area contributed by atoms with E-state index in [4.69, 9.17) is 0 Å². The monoisotopic (exact) mass is 368 g/mol. The average molecular weight is 369 g/mol. The standard InChI is InChI=1S/C15H11BrF2N2O2/c16-10-5-6-11-12(7-10)20(19-14(11)21)8-9-3-1-2-4-13(9)22-15(17)18/h1-7,15H,8H2,(H,19,21). The van der Waals surface area contributed by atoms with Crippen molar-refractivity contribution in [1.82, 2.24) is 9.78 Å². The number of H-pyrrole nitrogens is 1. The number of ether oxygens (including phenoxy) is 1. The quantitative estimate of drug-likeness (QED) is 0.762.